The van der Waals surface area contributed by atoms with Gasteiger partial charge in [0.05, 0.1) is 17.9 Å². The molecule has 3 amide bonds. The van der Waals surface area contributed by atoms with Crippen molar-refractivity contribution in [3.8, 4) is 0 Å². The molecule has 0 fully saturated rings. The van der Waals surface area contributed by atoms with Crippen LogP contribution in [-0.2, 0) is 14.4 Å². The van der Waals surface area contributed by atoms with Crippen molar-refractivity contribution in [2.75, 3.05) is 17.2 Å². The molecule has 150 valence electrons. The number of carbonyl (C=O) groups excluding carboxylic acids is 3. The molecule has 0 bridgehead atoms. The predicted octanol–water partition coefficient (Wildman–Crippen LogP) is 3.14. The summed E-state index contributed by atoms with van der Waals surface area (Å²) in [5, 5.41) is 10.7. The van der Waals surface area contributed by atoms with Gasteiger partial charge in [-0.05, 0) is 23.8 Å². The third-order valence-corrected chi connectivity index (χ3v) is 4.32. The second-order valence-corrected chi connectivity index (χ2v) is 6.60. The Morgan fingerprint density at radius 1 is 1.07 bits per heavy atom. The molecule has 0 unspecified atom stereocenters. The van der Waals surface area contributed by atoms with Crippen molar-refractivity contribution in [2.45, 2.75) is 26.2 Å². The number of anilines is 2. The highest BCUT2D eigenvalue weighted by atomic mass is 19.1. The summed E-state index contributed by atoms with van der Waals surface area (Å²) in [6, 6.07) is 13.5. The van der Waals surface area contributed by atoms with Crippen LogP contribution in [0.25, 0.3) is 0 Å². The summed E-state index contributed by atoms with van der Waals surface area (Å²) in [4.78, 5) is 35.6. The molecule has 3 rings (SSSR count). The summed E-state index contributed by atoms with van der Waals surface area (Å²) in [5.41, 5.74) is 2.14. The molecule has 2 N–H and O–H groups in total. The molecule has 0 saturated carbocycles. The minimum atomic E-state index is -0.602. The topological polar surface area (TPSA) is 90.9 Å². The van der Waals surface area contributed by atoms with Crippen LogP contribution in [0.5, 0.6) is 0 Å². The standard InChI is InChI=1S/C21H21FN4O3/c1-14(27)23-19-13-16(7-8-17(19)22)24-20(28)9-10-21(29)26-12-11-18(25-26)15-5-3-2-4-6-15/h2-8,13H,9-12H2,1H3,(H,23,27)(H,24,28). The van der Waals surface area contributed by atoms with Crippen LogP contribution in [0.1, 0.15) is 31.7 Å². The highest BCUT2D eigenvalue weighted by Crippen LogP contribution is 2.20. The molecule has 0 aromatic heterocycles. The first-order valence-corrected chi connectivity index (χ1v) is 9.22. The van der Waals surface area contributed by atoms with Crippen molar-refractivity contribution in [3.63, 3.8) is 0 Å². The third kappa shape index (κ3) is 5.47. The van der Waals surface area contributed by atoms with Gasteiger partial charge in [0.1, 0.15) is 5.82 Å². The van der Waals surface area contributed by atoms with E-state index in [1.807, 2.05) is 30.3 Å². The van der Waals surface area contributed by atoms with Gasteiger partial charge in [0, 0.05) is 31.9 Å². The number of rotatable bonds is 6. The summed E-state index contributed by atoms with van der Waals surface area (Å²) >= 11 is 0. The van der Waals surface area contributed by atoms with E-state index in [9.17, 15) is 18.8 Å². The SMILES string of the molecule is CC(=O)Nc1cc(NC(=O)CCC(=O)N2CCC(c3ccccc3)=N2)ccc1F. The van der Waals surface area contributed by atoms with Crippen LogP contribution >= 0.6 is 0 Å². The molecule has 1 aliphatic rings. The van der Waals surface area contributed by atoms with Crippen LogP contribution < -0.4 is 10.6 Å². The van der Waals surface area contributed by atoms with E-state index in [4.69, 9.17) is 0 Å². The largest absolute Gasteiger partial charge is 0.326 e. The Morgan fingerprint density at radius 3 is 2.55 bits per heavy atom. The maximum atomic E-state index is 13.7. The van der Waals surface area contributed by atoms with Crippen molar-refractivity contribution in [3.05, 3.63) is 59.9 Å². The molecule has 0 atom stereocenters. The quantitative estimate of drug-likeness (QED) is 0.786. The lowest BCUT2D eigenvalue weighted by Crippen LogP contribution is -2.25. The molecule has 29 heavy (non-hydrogen) atoms. The number of carbonyl (C=O) groups is 3. The monoisotopic (exact) mass is 396 g/mol. The summed E-state index contributed by atoms with van der Waals surface area (Å²) < 4.78 is 13.7. The van der Waals surface area contributed by atoms with Gasteiger partial charge in [0.2, 0.25) is 17.7 Å². The number of nitrogens with one attached hydrogen (secondary N) is 2. The summed E-state index contributed by atoms with van der Waals surface area (Å²) in [6.07, 6.45) is 0.652. The first-order valence-electron chi connectivity index (χ1n) is 9.22. The van der Waals surface area contributed by atoms with Gasteiger partial charge in [-0.15, -0.1) is 0 Å². The molecule has 0 radical (unpaired) electrons. The summed E-state index contributed by atoms with van der Waals surface area (Å²) in [7, 11) is 0. The predicted molar refractivity (Wildman–Crippen MR) is 108 cm³/mol. The Morgan fingerprint density at radius 2 is 1.83 bits per heavy atom. The smallest absolute Gasteiger partial charge is 0.243 e. The second-order valence-electron chi connectivity index (χ2n) is 6.60. The van der Waals surface area contributed by atoms with Crippen LogP contribution in [-0.4, -0.2) is 35.0 Å². The van der Waals surface area contributed by atoms with Gasteiger partial charge < -0.3 is 10.6 Å². The fraction of sp³-hybridized carbons (Fsp3) is 0.238. The number of hydrogen-bond donors (Lipinski definition) is 2. The van der Waals surface area contributed by atoms with Crippen molar-refractivity contribution in [1.29, 1.82) is 0 Å². The Kier molecular flexibility index (Phi) is 6.33. The number of halogens is 1. The van der Waals surface area contributed by atoms with Gasteiger partial charge in [0.15, 0.2) is 0 Å². The lowest BCUT2D eigenvalue weighted by Gasteiger charge is -2.12. The van der Waals surface area contributed by atoms with Gasteiger partial charge >= 0.3 is 0 Å². The van der Waals surface area contributed by atoms with Gasteiger partial charge in [0.25, 0.3) is 0 Å². The van der Waals surface area contributed by atoms with E-state index in [2.05, 4.69) is 15.7 Å². The van der Waals surface area contributed by atoms with Gasteiger partial charge in [-0.3, -0.25) is 14.4 Å². The van der Waals surface area contributed by atoms with Crippen LogP contribution in [0.2, 0.25) is 0 Å². The van der Waals surface area contributed by atoms with Crippen LogP contribution in [0.4, 0.5) is 15.8 Å². The van der Waals surface area contributed by atoms with Gasteiger partial charge in [-0.2, -0.15) is 5.10 Å². The van der Waals surface area contributed by atoms with E-state index >= 15 is 0 Å². The molecule has 1 heterocycles. The third-order valence-electron chi connectivity index (χ3n) is 4.32. The maximum Gasteiger partial charge on any atom is 0.243 e. The molecule has 7 nitrogen and oxygen atoms in total. The normalized spacial score (nSPS) is 13.0. The van der Waals surface area contributed by atoms with Gasteiger partial charge in [-0.25, -0.2) is 9.40 Å². The first kappa shape index (κ1) is 20.2. The highest BCUT2D eigenvalue weighted by Gasteiger charge is 2.22. The van der Waals surface area contributed by atoms with E-state index in [1.165, 1.54) is 24.1 Å². The van der Waals surface area contributed by atoms with Crippen molar-refractivity contribution in [2.24, 2.45) is 5.10 Å². The minimum absolute atomic E-state index is 0.0111. The molecule has 2 aromatic carbocycles. The van der Waals surface area contributed by atoms with E-state index in [0.29, 0.717) is 18.7 Å². The number of hydrogen-bond acceptors (Lipinski definition) is 4. The zero-order chi connectivity index (χ0) is 20.8. The molecule has 1 aliphatic heterocycles. The average Bonchev–Trinajstić information content (AvgIpc) is 3.19. The van der Waals surface area contributed by atoms with Crippen LogP contribution in [0.3, 0.4) is 0 Å². The van der Waals surface area contributed by atoms with Gasteiger partial charge in [-0.1, -0.05) is 30.3 Å². The van der Waals surface area contributed by atoms with E-state index < -0.39 is 11.7 Å². The maximum absolute atomic E-state index is 13.7. The summed E-state index contributed by atoms with van der Waals surface area (Å²) in [6.45, 7) is 1.75. The molecular weight excluding hydrogens is 375 g/mol. The van der Waals surface area contributed by atoms with Crippen LogP contribution in [0.15, 0.2) is 53.6 Å². The summed E-state index contributed by atoms with van der Waals surface area (Å²) in [5.74, 6) is -1.64. The van der Waals surface area contributed by atoms with E-state index in [-0.39, 0.29) is 30.3 Å². The Hall–Kier alpha value is -3.55. The fourth-order valence-electron chi connectivity index (χ4n) is 2.93. The average molecular weight is 396 g/mol. The molecule has 0 aliphatic carbocycles. The molecule has 0 spiro atoms. The zero-order valence-electron chi connectivity index (χ0n) is 15.9. The number of amides is 3. The Labute approximate surface area is 167 Å². The molecular formula is C21H21FN4O3. The molecule has 2 aromatic rings. The lowest BCUT2D eigenvalue weighted by atomic mass is 10.1. The van der Waals surface area contributed by atoms with Crippen molar-refractivity contribution < 1.29 is 18.8 Å². The molecule has 8 heteroatoms. The van der Waals surface area contributed by atoms with Crippen molar-refractivity contribution >= 4 is 34.8 Å². The lowest BCUT2D eigenvalue weighted by molar-refractivity contribution is -0.132. The highest BCUT2D eigenvalue weighted by molar-refractivity contribution is 6.03. The number of hydrazone groups is 1. The van der Waals surface area contributed by atoms with Crippen molar-refractivity contribution in [1.82, 2.24) is 5.01 Å². The number of benzene rings is 2. The van der Waals surface area contributed by atoms with Crippen LogP contribution in [0, 0.1) is 5.82 Å². The fourth-order valence-corrected chi connectivity index (χ4v) is 2.93. The Bertz CT molecular complexity index is 960. The van der Waals surface area contributed by atoms with E-state index in [0.717, 1.165) is 17.3 Å². The Balaban J connectivity index is 1.53. The minimum Gasteiger partial charge on any atom is -0.326 e. The molecule has 0 saturated heterocycles. The number of nitrogens with zero attached hydrogens (tertiary/aromatic N) is 2. The second kappa shape index (κ2) is 9.09. The first-order chi connectivity index (χ1) is 13.9. The van der Waals surface area contributed by atoms with E-state index in [1.54, 1.807) is 0 Å². The zero-order valence-corrected chi connectivity index (χ0v) is 15.9.